The zero-order valence-corrected chi connectivity index (χ0v) is 11.8. The van der Waals surface area contributed by atoms with Crippen LogP contribution in [0.2, 0.25) is 0 Å². The van der Waals surface area contributed by atoms with Crippen LogP contribution in [0.1, 0.15) is 26.7 Å². The Morgan fingerprint density at radius 1 is 1.32 bits per heavy atom. The SMILES string of the molecule is C=CCC[C@@H]1O[C@@](C)(OC)[C@](C)(OC)O[C@H]1C(=O)O. The lowest BCUT2D eigenvalue weighted by Crippen LogP contribution is -2.66. The zero-order chi connectivity index (χ0) is 14.7. The summed E-state index contributed by atoms with van der Waals surface area (Å²) < 4.78 is 22.0. The predicted molar refractivity (Wildman–Crippen MR) is 67.6 cm³/mol. The smallest absolute Gasteiger partial charge is 0.335 e. The summed E-state index contributed by atoms with van der Waals surface area (Å²) in [6.45, 7) is 6.87. The van der Waals surface area contributed by atoms with E-state index in [1.54, 1.807) is 19.9 Å². The minimum absolute atomic E-state index is 0.485. The van der Waals surface area contributed by atoms with Gasteiger partial charge in [-0.3, -0.25) is 0 Å². The van der Waals surface area contributed by atoms with E-state index in [1.165, 1.54) is 14.2 Å². The Hall–Kier alpha value is -0.950. The lowest BCUT2D eigenvalue weighted by Gasteiger charge is -2.51. The number of hydrogen-bond donors (Lipinski definition) is 1. The molecule has 0 amide bonds. The fourth-order valence-electron chi connectivity index (χ4n) is 2.05. The Morgan fingerprint density at radius 3 is 2.26 bits per heavy atom. The molecule has 0 aromatic rings. The summed E-state index contributed by atoms with van der Waals surface area (Å²) in [6, 6.07) is 0. The van der Waals surface area contributed by atoms with Crippen LogP contribution in [0.5, 0.6) is 0 Å². The number of ether oxygens (including phenoxy) is 4. The second-order valence-corrected chi connectivity index (χ2v) is 4.70. The number of carboxylic acids is 1. The lowest BCUT2D eigenvalue weighted by molar-refractivity contribution is -0.443. The molecule has 0 aromatic carbocycles. The molecule has 0 radical (unpaired) electrons. The third-order valence-corrected chi connectivity index (χ3v) is 3.57. The quantitative estimate of drug-likeness (QED) is 0.741. The first kappa shape index (κ1) is 16.1. The van der Waals surface area contributed by atoms with Gasteiger partial charge in [0.1, 0.15) is 0 Å². The highest BCUT2D eigenvalue weighted by atomic mass is 16.8. The topological polar surface area (TPSA) is 74.2 Å². The summed E-state index contributed by atoms with van der Waals surface area (Å²) in [5, 5.41) is 9.25. The first-order valence-corrected chi connectivity index (χ1v) is 6.13. The number of methoxy groups -OCH3 is 2. The summed E-state index contributed by atoms with van der Waals surface area (Å²) in [5.74, 6) is -3.56. The normalized spacial score (nSPS) is 38.9. The Labute approximate surface area is 113 Å². The second-order valence-electron chi connectivity index (χ2n) is 4.70. The first-order valence-electron chi connectivity index (χ1n) is 6.13. The zero-order valence-electron chi connectivity index (χ0n) is 11.8. The third kappa shape index (κ3) is 2.97. The van der Waals surface area contributed by atoms with Crippen molar-refractivity contribution in [1.82, 2.24) is 0 Å². The van der Waals surface area contributed by atoms with Crippen molar-refractivity contribution in [2.75, 3.05) is 14.2 Å². The molecule has 4 atom stereocenters. The van der Waals surface area contributed by atoms with Gasteiger partial charge in [-0.25, -0.2) is 4.79 Å². The molecule has 110 valence electrons. The minimum atomic E-state index is -1.30. The van der Waals surface area contributed by atoms with Gasteiger partial charge in [0.2, 0.25) is 11.6 Å². The van der Waals surface area contributed by atoms with Gasteiger partial charge in [-0.1, -0.05) is 6.08 Å². The van der Waals surface area contributed by atoms with Gasteiger partial charge in [-0.05, 0) is 26.7 Å². The van der Waals surface area contributed by atoms with E-state index >= 15 is 0 Å². The molecular weight excluding hydrogens is 252 g/mol. The maximum Gasteiger partial charge on any atom is 0.335 e. The molecule has 1 fully saturated rings. The summed E-state index contributed by atoms with van der Waals surface area (Å²) in [7, 11) is 2.88. The van der Waals surface area contributed by atoms with E-state index < -0.39 is 29.8 Å². The molecule has 0 unspecified atom stereocenters. The molecule has 19 heavy (non-hydrogen) atoms. The lowest BCUT2D eigenvalue weighted by atomic mass is 10.0. The fourth-order valence-corrected chi connectivity index (χ4v) is 2.05. The molecular formula is C13H22O6. The van der Waals surface area contributed by atoms with Gasteiger partial charge < -0.3 is 24.1 Å². The molecule has 1 aliphatic heterocycles. The van der Waals surface area contributed by atoms with Crippen molar-refractivity contribution in [2.45, 2.75) is 50.5 Å². The molecule has 6 heteroatoms. The van der Waals surface area contributed by atoms with Crippen LogP contribution in [0.25, 0.3) is 0 Å². The number of rotatable bonds is 6. The van der Waals surface area contributed by atoms with Crippen LogP contribution in [0.15, 0.2) is 12.7 Å². The maximum atomic E-state index is 11.3. The van der Waals surface area contributed by atoms with E-state index in [0.29, 0.717) is 12.8 Å². The molecule has 0 aromatic heterocycles. The van der Waals surface area contributed by atoms with Crippen LogP contribution in [0.4, 0.5) is 0 Å². The standard InChI is InChI=1S/C13H22O6/c1-6-7-8-9-10(11(14)15)19-13(3,17-5)12(2,16-4)18-9/h6,9-10H,1,7-8H2,2-5H3,(H,14,15)/t9-,10+,12+,13+/m0/s1. The fraction of sp³-hybridized carbons (Fsp3) is 0.769. The van der Waals surface area contributed by atoms with Crippen LogP contribution in [0.3, 0.4) is 0 Å². The van der Waals surface area contributed by atoms with Crippen LogP contribution >= 0.6 is 0 Å². The van der Waals surface area contributed by atoms with E-state index in [2.05, 4.69) is 6.58 Å². The molecule has 0 saturated carbocycles. The van der Waals surface area contributed by atoms with Crippen LogP contribution in [-0.2, 0) is 23.7 Å². The second kappa shape index (κ2) is 6.00. The highest BCUT2D eigenvalue weighted by Crippen LogP contribution is 2.40. The van der Waals surface area contributed by atoms with Gasteiger partial charge >= 0.3 is 5.97 Å². The maximum absolute atomic E-state index is 11.3. The van der Waals surface area contributed by atoms with E-state index in [4.69, 9.17) is 18.9 Å². The molecule has 6 nitrogen and oxygen atoms in total. The van der Waals surface area contributed by atoms with Gasteiger partial charge in [0.05, 0.1) is 6.10 Å². The van der Waals surface area contributed by atoms with E-state index in [1.807, 2.05) is 0 Å². The number of hydrogen-bond acceptors (Lipinski definition) is 5. The van der Waals surface area contributed by atoms with Crippen molar-refractivity contribution >= 4 is 5.97 Å². The number of allylic oxidation sites excluding steroid dienone is 1. The number of carboxylic acid groups (broad SMARTS) is 1. The summed E-state index contributed by atoms with van der Waals surface area (Å²) in [4.78, 5) is 11.3. The molecule has 1 rings (SSSR count). The summed E-state index contributed by atoms with van der Waals surface area (Å²) >= 11 is 0. The predicted octanol–water partition coefficient (Wildman–Crippen LogP) is 1.55. The Bertz CT molecular complexity index is 344. The van der Waals surface area contributed by atoms with Crippen LogP contribution < -0.4 is 0 Å². The molecule has 1 saturated heterocycles. The van der Waals surface area contributed by atoms with E-state index in [9.17, 15) is 9.90 Å². The van der Waals surface area contributed by atoms with E-state index in [0.717, 1.165) is 0 Å². The molecule has 0 spiro atoms. The van der Waals surface area contributed by atoms with Crippen molar-refractivity contribution in [3.63, 3.8) is 0 Å². The largest absolute Gasteiger partial charge is 0.479 e. The Balaban J connectivity index is 3.01. The molecule has 1 aliphatic rings. The van der Waals surface area contributed by atoms with Crippen molar-refractivity contribution in [3.8, 4) is 0 Å². The first-order chi connectivity index (χ1) is 8.83. The van der Waals surface area contributed by atoms with Crippen molar-refractivity contribution in [3.05, 3.63) is 12.7 Å². The Kier molecular flexibility index (Phi) is 5.09. The van der Waals surface area contributed by atoms with Gasteiger partial charge in [0, 0.05) is 14.2 Å². The van der Waals surface area contributed by atoms with Crippen LogP contribution in [-0.4, -0.2) is 49.1 Å². The number of aliphatic carboxylic acids is 1. The van der Waals surface area contributed by atoms with Crippen molar-refractivity contribution in [2.24, 2.45) is 0 Å². The van der Waals surface area contributed by atoms with Crippen molar-refractivity contribution < 1.29 is 28.8 Å². The molecule has 0 bridgehead atoms. The highest BCUT2D eigenvalue weighted by molar-refractivity contribution is 5.73. The van der Waals surface area contributed by atoms with E-state index in [-0.39, 0.29) is 0 Å². The average Bonchev–Trinajstić information content (AvgIpc) is 2.39. The van der Waals surface area contributed by atoms with Crippen molar-refractivity contribution in [1.29, 1.82) is 0 Å². The highest BCUT2D eigenvalue weighted by Gasteiger charge is 2.58. The monoisotopic (exact) mass is 274 g/mol. The van der Waals surface area contributed by atoms with Gasteiger partial charge in [-0.15, -0.1) is 6.58 Å². The molecule has 1 N–H and O–H groups in total. The summed E-state index contributed by atoms with van der Waals surface area (Å²) in [6.07, 6.45) is 1.09. The Morgan fingerprint density at radius 2 is 1.84 bits per heavy atom. The number of carbonyl (C=O) groups is 1. The van der Waals surface area contributed by atoms with Crippen LogP contribution in [0, 0.1) is 0 Å². The third-order valence-electron chi connectivity index (χ3n) is 3.57. The van der Waals surface area contributed by atoms with Gasteiger partial charge in [0.15, 0.2) is 6.10 Å². The minimum Gasteiger partial charge on any atom is -0.479 e. The van der Waals surface area contributed by atoms with Gasteiger partial charge in [0.25, 0.3) is 0 Å². The average molecular weight is 274 g/mol. The van der Waals surface area contributed by atoms with Gasteiger partial charge in [-0.2, -0.15) is 0 Å². The molecule has 1 heterocycles. The molecule has 0 aliphatic carbocycles. The summed E-state index contributed by atoms with van der Waals surface area (Å²) in [5.41, 5.74) is 0.